The van der Waals surface area contributed by atoms with Crippen LogP contribution >= 0.6 is 23.4 Å². The molecule has 0 bridgehead atoms. The minimum absolute atomic E-state index is 0.00462. The molecule has 1 aromatic rings. The van der Waals surface area contributed by atoms with Gasteiger partial charge in [0.15, 0.2) is 0 Å². The molecule has 0 aliphatic carbocycles. The highest BCUT2D eigenvalue weighted by atomic mass is 35.5. The van der Waals surface area contributed by atoms with E-state index in [1.165, 1.54) is 0 Å². The molecule has 6 heteroatoms. The predicted octanol–water partition coefficient (Wildman–Crippen LogP) is 2.94. The number of nitrogens with two attached hydrogens (primary N) is 1. The Morgan fingerprint density at radius 2 is 2.20 bits per heavy atom. The Balaban J connectivity index is 2.28. The summed E-state index contributed by atoms with van der Waals surface area (Å²) in [4.78, 5) is 14.0. The van der Waals surface area contributed by atoms with Crippen LogP contribution in [0.2, 0.25) is 5.02 Å². The number of rotatable bonds is 8. The van der Waals surface area contributed by atoms with Gasteiger partial charge in [0.2, 0.25) is 5.91 Å². The number of hydrogen-bond donors (Lipinski definition) is 2. The standard InChI is InChI=1S/C14H22ClN3OS/c1-18(8-9-20-2)7-3-4-14(19)17-11-5-6-12(15)13(16)10-11/h5-6,10H,3-4,7-9,16H2,1-2H3,(H,17,19). The van der Waals surface area contributed by atoms with Gasteiger partial charge in [-0.15, -0.1) is 0 Å². The lowest BCUT2D eigenvalue weighted by Crippen LogP contribution is -2.23. The van der Waals surface area contributed by atoms with Gasteiger partial charge < -0.3 is 16.0 Å². The summed E-state index contributed by atoms with van der Waals surface area (Å²) in [6, 6.07) is 5.11. The SMILES string of the molecule is CSCCN(C)CCCC(=O)Nc1ccc(Cl)c(N)c1. The van der Waals surface area contributed by atoms with Gasteiger partial charge in [-0.05, 0) is 44.5 Å². The maximum Gasteiger partial charge on any atom is 0.224 e. The van der Waals surface area contributed by atoms with Gasteiger partial charge in [-0.3, -0.25) is 4.79 Å². The second kappa shape index (κ2) is 9.10. The minimum atomic E-state index is 0.00462. The van der Waals surface area contributed by atoms with Crippen LogP contribution in [-0.4, -0.2) is 43.0 Å². The highest BCUT2D eigenvalue weighted by molar-refractivity contribution is 7.98. The molecule has 0 atom stereocenters. The third-order valence-corrected chi connectivity index (χ3v) is 3.84. The van der Waals surface area contributed by atoms with Gasteiger partial charge in [0.1, 0.15) is 0 Å². The first-order valence-corrected chi connectivity index (χ1v) is 8.32. The lowest BCUT2D eigenvalue weighted by molar-refractivity contribution is -0.116. The Hall–Kier alpha value is -0.910. The normalized spacial score (nSPS) is 10.8. The molecule has 112 valence electrons. The summed E-state index contributed by atoms with van der Waals surface area (Å²) in [5.41, 5.74) is 6.85. The van der Waals surface area contributed by atoms with E-state index in [9.17, 15) is 4.79 Å². The Labute approximate surface area is 130 Å². The zero-order chi connectivity index (χ0) is 15.0. The van der Waals surface area contributed by atoms with E-state index >= 15 is 0 Å². The molecule has 0 heterocycles. The highest BCUT2D eigenvalue weighted by Crippen LogP contribution is 2.22. The van der Waals surface area contributed by atoms with Crippen molar-refractivity contribution >= 4 is 40.6 Å². The fraction of sp³-hybridized carbons (Fsp3) is 0.500. The summed E-state index contributed by atoms with van der Waals surface area (Å²) < 4.78 is 0. The van der Waals surface area contributed by atoms with Crippen LogP contribution in [0.4, 0.5) is 11.4 Å². The van der Waals surface area contributed by atoms with Gasteiger partial charge in [-0.1, -0.05) is 11.6 Å². The molecule has 3 N–H and O–H groups in total. The van der Waals surface area contributed by atoms with E-state index in [2.05, 4.69) is 23.5 Å². The van der Waals surface area contributed by atoms with Gasteiger partial charge in [-0.2, -0.15) is 11.8 Å². The molecule has 1 rings (SSSR count). The lowest BCUT2D eigenvalue weighted by atomic mass is 10.2. The summed E-state index contributed by atoms with van der Waals surface area (Å²) in [6.07, 6.45) is 3.45. The number of nitrogens with zero attached hydrogens (tertiary/aromatic N) is 1. The number of nitrogen functional groups attached to an aromatic ring is 1. The quantitative estimate of drug-likeness (QED) is 0.724. The molecule has 1 aromatic carbocycles. The molecular weight excluding hydrogens is 294 g/mol. The van der Waals surface area contributed by atoms with Crippen molar-refractivity contribution in [2.75, 3.05) is 43.2 Å². The van der Waals surface area contributed by atoms with Crippen LogP contribution in [0.15, 0.2) is 18.2 Å². The van der Waals surface area contributed by atoms with Gasteiger partial charge in [0, 0.05) is 24.4 Å². The summed E-state index contributed by atoms with van der Waals surface area (Å²) >= 11 is 7.66. The van der Waals surface area contributed by atoms with Crippen molar-refractivity contribution in [2.24, 2.45) is 0 Å². The first-order valence-electron chi connectivity index (χ1n) is 6.55. The van der Waals surface area contributed by atoms with Crippen molar-refractivity contribution in [3.8, 4) is 0 Å². The smallest absolute Gasteiger partial charge is 0.224 e. The maximum atomic E-state index is 11.8. The van der Waals surface area contributed by atoms with Crippen molar-refractivity contribution < 1.29 is 4.79 Å². The first-order chi connectivity index (χ1) is 9.52. The van der Waals surface area contributed by atoms with Crippen LogP contribution in [0.3, 0.4) is 0 Å². The third-order valence-electron chi connectivity index (χ3n) is 2.90. The molecular formula is C14H22ClN3OS. The molecule has 0 unspecified atom stereocenters. The molecule has 0 aliphatic rings. The Morgan fingerprint density at radius 1 is 1.45 bits per heavy atom. The second-order valence-electron chi connectivity index (χ2n) is 4.68. The molecule has 0 spiro atoms. The van der Waals surface area contributed by atoms with E-state index in [-0.39, 0.29) is 5.91 Å². The largest absolute Gasteiger partial charge is 0.397 e. The molecule has 0 aromatic heterocycles. The number of benzene rings is 1. The maximum absolute atomic E-state index is 11.8. The number of anilines is 2. The molecule has 0 fully saturated rings. The zero-order valence-corrected chi connectivity index (χ0v) is 13.6. The van der Waals surface area contributed by atoms with E-state index in [0.717, 1.165) is 25.3 Å². The number of halogens is 1. The number of thioether (sulfide) groups is 1. The van der Waals surface area contributed by atoms with Gasteiger partial charge >= 0.3 is 0 Å². The molecule has 0 radical (unpaired) electrons. The fourth-order valence-corrected chi connectivity index (χ4v) is 2.33. The van der Waals surface area contributed by atoms with E-state index in [1.807, 2.05) is 11.8 Å². The molecule has 1 amide bonds. The average Bonchev–Trinajstić information content (AvgIpc) is 2.40. The Kier molecular flexibility index (Phi) is 7.80. The van der Waals surface area contributed by atoms with Crippen LogP contribution in [0.5, 0.6) is 0 Å². The molecule has 0 aliphatic heterocycles. The van der Waals surface area contributed by atoms with Crippen molar-refractivity contribution in [2.45, 2.75) is 12.8 Å². The van der Waals surface area contributed by atoms with E-state index in [4.69, 9.17) is 17.3 Å². The van der Waals surface area contributed by atoms with Crippen LogP contribution in [0, 0.1) is 0 Å². The van der Waals surface area contributed by atoms with Crippen molar-refractivity contribution in [3.63, 3.8) is 0 Å². The van der Waals surface area contributed by atoms with Crippen LogP contribution in [-0.2, 0) is 4.79 Å². The van der Waals surface area contributed by atoms with E-state index in [0.29, 0.717) is 22.8 Å². The van der Waals surface area contributed by atoms with Crippen molar-refractivity contribution in [1.82, 2.24) is 4.90 Å². The number of carbonyl (C=O) groups excluding carboxylic acids is 1. The Morgan fingerprint density at radius 3 is 2.85 bits per heavy atom. The molecule has 0 saturated heterocycles. The summed E-state index contributed by atoms with van der Waals surface area (Å²) in [7, 11) is 2.08. The van der Waals surface area contributed by atoms with Crippen LogP contribution in [0.1, 0.15) is 12.8 Å². The molecule has 0 saturated carbocycles. The van der Waals surface area contributed by atoms with Gasteiger partial charge in [0.05, 0.1) is 10.7 Å². The van der Waals surface area contributed by atoms with Crippen molar-refractivity contribution in [3.05, 3.63) is 23.2 Å². The summed E-state index contributed by atoms with van der Waals surface area (Å²) in [6.45, 7) is 1.98. The highest BCUT2D eigenvalue weighted by Gasteiger charge is 2.05. The fourth-order valence-electron chi connectivity index (χ4n) is 1.71. The van der Waals surface area contributed by atoms with E-state index in [1.54, 1.807) is 18.2 Å². The first kappa shape index (κ1) is 17.1. The second-order valence-corrected chi connectivity index (χ2v) is 6.08. The predicted molar refractivity (Wildman–Crippen MR) is 89.6 cm³/mol. The monoisotopic (exact) mass is 315 g/mol. The van der Waals surface area contributed by atoms with Crippen LogP contribution in [0.25, 0.3) is 0 Å². The van der Waals surface area contributed by atoms with Gasteiger partial charge in [0.25, 0.3) is 0 Å². The number of carbonyl (C=O) groups is 1. The number of amides is 1. The number of hydrogen-bond acceptors (Lipinski definition) is 4. The number of nitrogens with one attached hydrogen (secondary N) is 1. The van der Waals surface area contributed by atoms with Crippen LogP contribution < -0.4 is 11.1 Å². The Bertz CT molecular complexity index is 442. The van der Waals surface area contributed by atoms with E-state index < -0.39 is 0 Å². The molecule has 4 nitrogen and oxygen atoms in total. The average molecular weight is 316 g/mol. The summed E-state index contributed by atoms with van der Waals surface area (Å²) in [5, 5.41) is 3.33. The third kappa shape index (κ3) is 6.50. The topological polar surface area (TPSA) is 58.4 Å². The van der Waals surface area contributed by atoms with Gasteiger partial charge in [-0.25, -0.2) is 0 Å². The molecule has 20 heavy (non-hydrogen) atoms. The zero-order valence-electron chi connectivity index (χ0n) is 12.0. The van der Waals surface area contributed by atoms with Crippen molar-refractivity contribution in [1.29, 1.82) is 0 Å². The lowest BCUT2D eigenvalue weighted by Gasteiger charge is -2.15. The summed E-state index contributed by atoms with van der Waals surface area (Å²) in [5.74, 6) is 1.12. The minimum Gasteiger partial charge on any atom is -0.397 e.